The van der Waals surface area contributed by atoms with E-state index in [-0.39, 0.29) is 11.7 Å². The second kappa shape index (κ2) is 5.91. The van der Waals surface area contributed by atoms with Crippen molar-refractivity contribution < 1.29 is 9.18 Å². The van der Waals surface area contributed by atoms with Crippen LogP contribution in [-0.2, 0) is 16.8 Å². The van der Waals surface area contributed by atoms with Crippen LogP contribution in [0.3, 0.4) is 0 Å². The smallest absolute Gasteiger partial charge is 0.230 e. The zero-order chi connectivity index (χ0) is 15.6. The van der Waals surface area contributed by atoms with E-state index in [1.54, 1.807) is 12.1 Å². The highest BCUT2D eigenvalue weighted by molar-refractivity contribution is 5.89. The minimum absolute atomic E-state index is 0.0472. The highest BCUT2D eigenvalue weighted by Crippen LogP contribution is 2.44. The van der Waals surface area contributed by atoms with Crippen molar-refractivity contribution >= 4 is 5.91 Å². The summed E-state index contributed by atoms with van der Waals surface area (Å²) in [5, 5.41) is 3.04. The maximum Gasteiger partial charge on any atom is 0.230 e. The summed E-state index contributed by atoms with van der Waals surface area (Å²) in [7, 11) is 0. The number of amides is 1. The number of halogens is 1. The van der Waals surface area contributed by atoms with Gasteiger partial charge in [0.25, 0.3) is 0 Å². The molecule has 22 heavy (non-hydrogen) atoms. The fraction of sp³-hybridized carbons (Fsp3) is 0.316. The molecule has 0 saturated heterocycles. The van der Waals surface area contributed by atoms with Crippen LogP contribution in [0, 0.1) is 12.7 Å². The van der Waals surface area contributed by atoms with Crippen LogP contribution in [-0.4, -0.2) is 5.91 Å². The molecule has 3 rings (SSSR count). The Morgan fingerprint density at radius 1 is 1.09 bits per heavy atom. The largest absolute Gasteiger partial charge is 0.351 e. The van der Waals surface area contributed by atoms with Crippen molar-refractivity contribution in [3.05, 3.63) is 71.0 Å². The topological polar surface area (TPSA) is 29.1 Å². The van der Waals surface area contributed by atoms with Crippen LogP contribution < -0.4 is 5.32 Å². The minimum atomic E-state index is -0.474. The van der Waals surface area contributed by atoms with Gasteiger partial charge in [-0.25, -0.2) is 4.39 Å². The number of carbonyl (C=O) groups excluding carboxylic acids is 1. The number of benzene rings is 2. The molecule has 1 aliphatic carbocycles. The Morgan fingerprint density at radius 3 is 2.27 bits per heavy atom. The Labute approximate surface area is 130 Å². The maximum absolute atomic E-state index is 13.1. The van der Waals surface area contributed by atoms with Crippen LogP contribution in [0.1, 0.15) is 36.0 Å². The molecule has 0 bridgehead atoms. The van der Waals surface area contributed by atoms with Gasteiger partial charge in [0.15, 0.2) is 0 Å². The SMILES string of the molecule is Cc1ccc(CNC(=O)C2(c3ccc(F)cc3)CCC2)cc1. The van der Waals surface area contributed by atoms with E-state index in [1.165, 1.54) is 17.7 Å². The van der Waals surface area contributed by atoms with E-state index in [0.717, 1.165) is 30.4 Å². The van der Waals surface area contributed by atoms with E-state index in [9.17, 15) is 9.18 Å². The lowest BCUT2D eigenvalue weighted by Gasteiger charge is -2.40. The van der Waals surface area contributed by atoms with Gasteiger partial charge in [-0.1, -0.05) is 48.4 Å². The molecular formula is C19H20FNO. The Morgan fingerprint density at radius 2 is 1.73 bits per heavy atom. The second-order valence-electron chi connectivity index (χ2n) is 6.11. The van der Waals surface area contributed by atoms with E-state index in [0.29, 0.717) is 6.54 Å². The number of carbonyl (C=O) groups is 1. The molecule has 0 aromatic heterocycles. The first-order valence-electron chi connectivity index (χ1n) is 7.70. The molecule has 3 heteroatoms. The van der Waals surface area contributed by atoms with E-state index in [1.807, 2.05) is 31.2 Å². The molecule has 0 heterocycles. The van der Waals surface area contributed by atoms with E-state index in [2.05, 4.69) is 5.32 Å². The quantitative estimate of drug-likeness (QED) is 0.912. The molecule has 2 aromatic rings. The summed E-state index contributed by atoms with van der Waals surface area (Å²) in [4.78, 5) is 12.7. The van der Waals surface area contributed by atoms with Crippen molar-refractivity contribution in [3.63, 3.8) is 0 Å². The Kier molecular flexibility index (Phi) is 3.97. The van der Waals surface area contributed by atoms with Crippen LogP contribution in [0.4, 0.5) is 4.39 Å². The first-order valence-corrected chi connectivity index (χ1v) is 7.70. The lowest BCUT2D eigenvalue weighted by molar-refractivity contribution is -0.130. The van der Waals surface area contributed by atoms with E-state index in [4.69, 9.17) is 0 Å². The number of hydrogen-bond donors (Lipinski definition) is 1. The maximum atomic E-state index is 13.1. The Balaban J connectivity index is 1.71. The molecule has 1 fully saturated rings. The average molecular weight is 297 g/mol. The van der Waals surface area contributed by atoms with Gasteiger partial charge in [0, 0.05) is 6.54 Å². The number of hydrogen-bond acceptors (Lipinski definition) is 1. The van der Waals surface area contributed by atoms with Crippen molar-refractivity contribution in [1.29, 1.82) is 0 Å². The van der Waals surface area contributed by atoms with Gasteiger partial charge in [0.1, 0.15) is 5.82 Å². The van der Waals surface area contributed by atoms with Crippen LogP contribution in [0.25, 0.3) is 0 Å². The third kappa shape index (κ3) is 2.76. The standard InChI is InChI=1S/C19H20FNO/c1-14-3-5-15(6-4-14)13-21-18(22)19(11-2-12-19)16-7-9-17(20)10-8-16/h3-10H,2,11-13H2,1H3,(H,21,22). The lowest BCUT2D eigenvalue weighted by atomic mass is 9.64. The summed E-state index contributed by atoms with van der Waals surface area (Å²) >= 11 is 0. The third-order valence-corrected chi connectivity index (χ3v) is 4.61. The first kappa shape index (κ1) is 14.8. The lowest BCUT2D eigenvalue weighted by Crippen LogP contribution is -2.49. The molecule has 1 aliphatic rings. The van der Waals surface area contributed by atoms with Gasteiger partial charge in [0.05, 0.1) is 5.41 Å². The van der Waals surface area contributed by atoms with Gasteiger partial charge in [-0.3, -0.25) is 4.79 Å². The predicted octanol–water partition coefficient (Wildman–Crippen LogP) is 3.87. The summed E-state index contributed by atoms with van der Waals surface area (Å²) in [6.07, 6.45) is 2.70. The van der Waals surface area contributed by atoms with Gasteiger partial charge in [-0.2, -0.15) is 0 Å². The van der Waals surface area contributed by atoms with Crippen molar-refractivity contribution in [1.82, 2.24) is 5.32 Å². The molecule has 1 amide bonds. The minimum Gasteiger partial charge on any atom is -0.351 e. The first-order chi connectivity index (χ1) is 10.6. The number of nitrogens with one attached hydrogen (secondary N) is 1. The Bertz CT molecular complexity index is 657. The monoisotopic (exact) mass is 297 g/mol. The van der Waals surface area contributed by atoms with Crippen molar-refractivity contribution in [2.75, 3.05) is 0 Å². The van der Waals surface area contributed by atoms with Crippen LogP contribution in [0.2, 0.25) is 0 Å². The zero-order valence-electron chi connectivity index (χ0n) is 12.7. The summed E-state index contributed by atoms with van der Waals surface area (Å²) < 4.78 is 13.1. The average Bonchev–Trinajstić information content (AvgIpc) is 2.47. The zero-order valence-corrected chi connectivity index (χ0v) is 12.7. The molecule has 2 aromatic carbocycles. The summed E-state index contributed by atoms with van der Waals surface area (Å²) in [6, 6.07) is 14.5. The van der Waals surface area contributed by atoms with Crippen molar-refractivity contribution in [3.8, 4) is 0 Å². The highest BCUT2D eigenvalue weighted by atomic mass is 19.1. The van der Waals surface area contributed by atoms with Gasteiger partial charge >= 0.3 is 0 Å². The highest BCUT2D eigenvalue weighted by Gasteiger charge is 2.45. The second-order valence-corrected chi connectivity index (χ2v) is 6.11. The molecule has 0 spiro atoms. The molecular weight excluding hydrogens is 277 g/mol. The molecule has 1 N–H and O–H groups in total. The fourth-order valence-corrected chi connectivity index (χ4v) is 3.00. The molecule has 114 valence electrons. The molecule has 0 radical (unpaired) electrons. The predicted molar refractivity (Wildman–Crippen MR) is 85.0 cm³/mol. The number of aryl methyl sites for hydroxylation is 1. The third-order valence-electron chi connectivity index (χ3n) is 4.61. The van der Waals surface area contributed by atoms with Crippen molar-refractivity contribution in [2.24, 2.45) is 0 Å². The number of rotatable bonds is 4. The summed E-state index contributed by atoms with van der Waals surface area (Å²) in [6.45, 7) is 2.57. The molecule has 0 unspecified atom stereocenters. The van der Waals surface area contributed by atoms with Crippen molar-refractivity contribution in [2.45, 2.75) is 38.1 Å². The van der Waals surface area contributed by atoms with Gasteiger partial charge in [0.2, 0.25) is 5.91 Å². The van der Waals surface area contributed by atoms with E-state index >= 15 is 0 Å². The molecule has 1 saturated carbocycles. The molecule has 0 atom stereocenters. The molecule has 2 nitrogen and oxygen atoms in total. The van der Waals surface area contributed by atoms with Gasteiger partial charge in [-0.05, 0) is 43.0 Å². The fourth-order valence-electron chi connectivity index (χ4n) is 3.00. The normalized spacial score (nSPS) is 15.9. The Hall–Kier alpha value is -2.16. The summed E-state index contributed by atoms with van der Waals surface area (Å²) in [5.41, 5.74) is 2.74. The van der Waals surface area contributed by atoms with E-state index < -0.39 is 5.41 Å². The van der Waals surface area contributed by atoms with Crippen LogP contribution in [0.5, 0.6) is 0 Å². The summed E-state index contributed by atoms with van der Waals surface area (Å²) in [5.74, 6) is -0.218. The van der Waals surface area contributed by atoms with Crippen LogP contribution in [0.15, 0.2) is 48.5 Å². The van der Waals surface area contributed by atoms with Gasteiger partial charge < -0.3 is 5.32 Å². The van der Waals surface area contributed by atoms with Gasteiger partial charge in [-0.15, -0.1) is 0 Å². The van der Waals surface area contributed by atoms with Crippen LogP contribution >= 0.6 is 0 Å². The molecule has 0 aliphatic heterocycles.